The van der Waals surface area contributed by atoms with Gasteiger partial charge in [-0.2, -0.15) is 0 Å². The van der Waals surface area contributed by atoms with Gasteiger partial charge >= 0.3 is 5.97 Å². The Morgan fingerprint density at radius 3 is 2.64 bits per heavy atom. The van der Waals surface area contributed by atoms with Gasteiger partial charge in [-0.05, 0) is 12.1 Å². The van der Waals surface area contributed by atoms with Crippen LogP contribution in [0, 0.1) is 11.8 Å². The van der Waals surface area contributed by atoms with Crippen molar-refractivity contribution in [1.29, 1.82) is 0 Å². The lowest BCUT2D eigenvalue weighted by Crippen LogP contribution is -2.39. The number of nitrogens with zero attached hydrogens (tertiary/aromatic N) is 1. The molecule has 2 N–H and O–H groups in total. The molecule has 2 aliphatic heterocycles. The first-order valence-electron chi connectivity index (χ1n) is 6.86. The van der Waals surface area contributed by atoms with E-state index in [0.29, 0.717) is 5.13 Å². The van der Waals surface area contributed by atoms with Gasteiger partial charge in [-0.3, -0.25) is 9.59 Å². The van der Waals surface area contributed by atoms with Gasteiger partial charge in [0.2, 0.25) is 5.91 Å². The van der Waals surface area contributed by atoms with Crippen molar-refractivity contribution in [3.63, 3.8) is 0 Å². The van der Waals surface area contributed by atoms with E-state index in [-0.39, 0.29) is 5.91 Å². The smallest absolute Gasteiger partial charge is 0.310 e. The van der Waals surface area contributed by atoms with Crippen LogP contribution in [-0.4, -0.2) is 34.2 Å². The van der Waals surface area contributed by atoms with E-state index in [4.69, 9.17) is 4.74 Å². The maximum absolute atomic E-state index is 12.5. The minimum absolute atomic E-state index is 0.358. The minimum Gasteiger partial charge on any atom is -0.481 e. The Morgan fingerprint density at radius 1 is 1.18 bits per heavy atom. The minimum atomic E-state index is -1.01. The number of carboxylic acid groups (broad SMARTS) is 1. The molecule has 4 atom stereocenters. The summed E-state index contributed by atoms with van der Waals surface area (Å²) in [5.74, 6) is -2.94. The monoisotopic (exact) mass is 316 g/mol. The predicted octanol–water partition coefficient (Wildman–Crippen LogP) is 1.89. The van der Waals surface area contributed by atoms with Crippen LogP contribution in [-0.2, 0) is 14.3 Å². The Kier molecular flexibility index (Phi) is 2.98. The summed E-state index contributed by atoms with van der Waals surface area (Å²) < 4.78 is 6.48. The van der Waals surface area contributed by atoms with Crippen molar-refractivity contribution < 1.29 is 19.4 Å². The number of benzene rings is 1. The number of hydrogen-bond acceptors (Lipinski definition) is 5. The van der Waals surface area contributed by atoms with E-state index in [1.807, 2.05) is 24.3 Å². The molecule has 1 saturated heterocycles. The number of anilines is 1. The van der Waals surface area contributed by atoms with Crippen molar-refractivity contribution in [3.05, 3.63) is 36.4 Å². The largest absolute Gasteiger partial charge is 0.481 e. The Morgan fingerprint density at radius 2 is 1.91 bits per heavy atom. The Balaban J connectivity index is 1.59. The van der Waals surface area contributed by atoms with Crippen LogP contribution in [0.5, 0.6) is 0 Å². The second kappa shape index (κ2) is 4.89. The molecule has 7 heteroatoms. The quantitative estimate of drug-likeness (QED) is 0.844. The normalized spacial score (nSPS) is 29.1. The molecule has 0 radical (unpaired) electrons. The van der Waals surface area contributed by atoms with Crippen molar-refractivity contribution in [1.82, 2.24) is 4.98 Å². The van der Waals surface area contributed by atoms with Crippen LogP contribution in [0.1, 0.15) is 0 Å². The molecular formula is C15H12N2O4S. The van der Waals surface area contributed by atoms with E-state index in [2.05, 4.69) is 10.3 Å². The standard InChI is InChI=1S/C15H12N2O4S/c18-13(11-8-5-6-9(21-8)12(11)14(19)20)17-15-16-7-3-1-2-4-10(7)22-15/h1-6,8-9,11-12H,(H,19,20)(H,16,17,18)/t8-,9-,11-,12-/m0/s1. The van der Waals surface area contributed by atoms with Gasteiger partial charge in [-0.25, -0.2) is 4.98 Å². The van der Waals surface area contributed by atoms with Gasteiger partial charge in [0, 0.05) is 0 Å². The Hall–Kier alpha value is -2.25. The second-order valence-corrected chi connectivity index (χ2v) is 6.35. The fraction of sp³-hybridized carbons (Fsp3) is 0.267. The molecule has 1 amide bonds. The summed E-state index contributed by atoms with van der Waals surface area (Å²) in [6.07, 6.45) is 2.48. The average molecular weight is 316 g/mol. The van der Waals surface area contributed by atoms with Crippen LogP contribution in [0.15, 0.2) is 36.4 Å². The first-order valence-corrected chi connectivity index (χ1v) is 7.68. The molecular weight excluding hydrogens is 304 g/mol. The van der Waals surface area contributed by atoms with Gasteiger partial charge < -0.3 is 15.2 Å². The molecule has 0 aliphatic carbocycles. The second-order valence-electron chi connectivity index (χ2n) is 5.32. The summed E-state index contributed by atoms with van der Waals surface area (Å²) in [5.41, 5.74) is 0.807. The molecule has 2 aromatic rings. The fourth-order valence-corrected chi connectivity index (χ4v) is 3.90. The highest BCUT2D eigenvalue weighted by Gasteiger charge is 2.53. The molecule has 0 spiro atoms. The molecule has 1 fully saturated rings. The van der Waals surface area contributed by atoms with E-state index in [0.717, 1.165) is 10.2 Å². The molecule has 0 saturated carbocycles. The number of carbonyl (C=O) groups excluding carboxylic acids is 1. The van der Waals surface area contributed by atoms with Gasteiger partial charge in [-0.15, -0.1) is 0 Å². The number of thiazole rings is 1. The lowest BCUT2D eigenvalue weighted by atomic mass is 9.82. The molecule has 3 heterocycles. The maximum atomic E-state index is 12.5. The van der Waals surface area contributed by atoms with Crippen molar-refractivity contribution in [2.75, 3.05) is 5.32 Å². The molecule has 6 nitrogen and oxygen atoms in total. The first-order chi connectivity index (χ1) is 10.6. The summed E-state index contributed by atoms with van der Waals surface area (Å²) >= 11 is 1.36. The number of rotatable bonds is 3. The van der Waals surface area contributed by atoms with Crippen molar-refractivity contribution in [2.45, 2.75) is 12.2 Å². The van der Waals surface area contributed by atoms with Crippen LogP contribution in [0.2, 0.25) is 0 Å². The number of amides is 1. The topological polar surface area (TPSA) is 88.5 Å². The molecule has 112 valence electrons. The molecule has 1 aromatic carbocycles. The van der Waals surface area contributed by atoms with E-state index < -0.39 is 30.0 Å². The van der Waals surface area contributed by atoms with Crippen LogP contribution < -0.4 is 5.32 Å². The number of nitrogens with one attached hydrogen (secondary N) is 1. The summed E-state index contributed by atoms with van der Waals surface area (Å²) in [5, 5.41) is 12.5. The Bertz CT molecular complexity index is 767. The third-order valence-corrected chi connectivity index (χ3v) is 4.96. The van der Waals surface area contributed by atoms with Crippen LogP contribution in [0.25, 0.3) is 10.2 Å². The highest BCUT2D eigenvalue weighted by Crippen LogP contribution is 2.40. The number of fused-ring (bicyclic) bond motifs is 3. The molecule has 4 rings (SSSR count). The molecule has 2 bridgehead atoms. The number of carboxylic acids is 1. The third-order valence-electron chi connectivity index (χ3n) is 4.01. The van der Waals surface area contributed by atoms with Gasteiger partial charge in [0.05, 0.1) is 28.3 Å². The number of hydrogen-bond donors (Lipinski definition) is 2. The van der Waals surface area contributed by atoms with Gasteiger partial charge in [0.15, 0.2) is 5.13 Å². The van der Waals surface area contributed by atoms with Crippen molar-refractivity contribution >= 4 is 38.6 Å². The fourth-order valence-electron chi connectivity index (χ4n) is 3.03. The van der Waals surface area contributed by atoms with E-state index in [1.54, 1.807) is 12.2 Å². The summed E-state index contributed by atoms with van der Waals surface area (Å²) in [6.45, 7) is 0. The van der Waals surface area contributed by atoms with E-state index in [9.17, 15) is 14.7 Å². The third kappa shape index (κ3) is 2.01. The number of para-hydroxylation sites is 1. The highest BCUT2D eigenvalue weighted by atomic mass is 32.1. The average Bonchev–Trinajstić information content (AvgIpc) is 3.19. The Labute approximate surface area is 129 Å². The molecule has 0 unspecified atom stereocenters. The zero-order valence-corrected chi connectivity index (χ0v) is 12.1. The molecule has 2 aliphatic rings. The number of carbonyl (C=O) groups is 2. The number of aliphatic carboxylic acids is 1. The van der Waals surface area contributed by atoms with E-state index in [1.165, 1.54) is 11.3 Å². The highest BCUT2D eigenvalue weighted by molar-refractivity contribution is 7.22. The van der Waals surface area contributed by atoms with Crippen LogP contribution >= 0.6 is 11.3 Å². The summed E-state index contributed by atoms with van der Waals surface area (Å²) in [7, 11) is 0. The molecule has 22 heavy (non-hydrogen) atoms. The van der Waals surface area contributed by atoms with E-state index >= 15 is 0 Å². The zero-order chi connectivity index (χ0) is 15.3. The van der Waals surface area contributed by atoms with Gasteiger partial charge in [0.25, 0.3) is 0 Å². The summed E-state index contributed by atoms with van der Waals surface area (Å²) in [6, 6.07) is 7.57. The lowest BCUT2D eigenvalue weighted by molar-refractivity contribution is -0.145. The predicted molar refractivity (Wildman–Crippen MR) is 80.7 cm³/mol. The van der Waals surface area contributed by atoms with Crippen molar-refractivity contribution in [2.24, 2.45) is 11.8 Å². The lowest BCUT2D eigenvalue weighted by Gasteiger charge is -2.20. The van der Waals surface area contributed by atoms with Gasteiger partial charge in [-0.1, -0.05) is 35.6 Å². The number of ether oxygens (including phenoxy) is 1. The zero-order valence-electron chi connectivity index (χ0n) is 11.3. The van der Waals surface area contributed by atoms with Crippen LogP contribution in [0.4, 0.5) is 5.13 Å². The molecule has 1 aromatic heterocycles. The van der Waals surface area contributed by atoms with Crippen LogP contribution in [0.3, 0.4) is 0 Å². The first kappa shape index (κ1) is 13.4. The number of aromatic nitrogens is 1. The maximum Gasteiger partial charge on any atom is 0.310 e. The SMILES string of the molecule is O=C(O)[C@@H]1[C@@H](C(=O)Nc2nc3ccccc3s2)[C@@H]2C=C[C@@H]1O2. The van der Waals surface area contributed by atoms with Gasteiger partial charge in [0.1, 0.15) is 5.92 Å². The van der Waals surface area contributed by atoms with Crippen molar-refractivity contribution in [3.8, 4) is 0 Å². The summed E-state index contributed by atoms with van der Waals surface area (Å²) in [4.78, 5) is 28.2.